The van der Waals surface area contributed by atoms with Crippen molar-refractivity contribution in [3.63, 3.8) is 0 Å². The molecular weight excluding hydrogens is 712 g/mol. The molecule has 0 saturated carbocycles. The van der Waals surface area contributed by atoms with E-state index >= 15 is 0 Å². The van der Waals surface area contributed by atoms with E-state index in [9.17, 15) is 39.6 Å². The Kier molecular flexibility index (Phi) is 16.7. The topological polar surface area (TPSA) is 210 Å². The van der Waals surface area contributed by atoms with Crippen LogP contribution in [-0.2, 0) is 35.0 Å². The minimum atomic E-state index is -0.626. The highest BCUT2D eigenvalue weighted by molar-refractivity contribution is 5.94. The lowest BCUT2D eigenvalue weighted by molar-refractivity contribution is -0.118. The lowest BCUT2D eigenvalue weighted by Crippen LogP contribution is -2.40. The Morgan fingerprint density at radius 3 is 2.18 bits per heavy atom. The summed E-state index contributed by atoms with van der Waals surface area (Å²) in [5.41, 5.74) is 0.886. The van der Waals surface area contributed by atoms with Crippen LogP contribution >= 0.6 is 0 Å². The third kappa shape index (κ3) is 14.1. The number of esters is 2. The molecule has 2 aromatic carbocycles. The molecule has 0 radical (unpaired) electrons. The number of aliphatic hydroxyl groups is 2. The summed E-state index contributed by atoms with van der Waals surface area (Å²) in [6.45, 7) is 4.82. The van der Waals surface area contributed by atoms with Crippen molar-refractivity contribution in [2.45, 2.75) is 134 Å². The predicted molar refractivity (Wildman–Crippen MR) is 201 cm³/mol. The number of fused-ring (bicyclic) bond motifs is 3. The first-order valence-electron chi connectivity index (χ1n) is 18.8. The van der Waals surface area contributed by atoms with Gasteiger partial charge in [0.25, 0.3) is 0 Å². The van der Waals surface area contributed by atoms with Crippen LogP contribution in [0.2, 0.25) is 0 Å². The molecule has 5 rings (SSSR count). The fourth-order valence-corrected chi connectivity index (χ4v) is 6.94. The zero-order valence-electron chi connectivity index (χ0n) is 31.6. The first-order chi connectivity index (χ1) is 26.3. The maximum Gasteiger partial charge on any atom is 0.342 e. The summed E-state index contributed by atoms with van der Waals surface area (Å²) in [4.78, 5) is 47.1. The Bertz CT molecular complexity index is 1660. The fraction of sp³-hybridized carbons (Fsp3) is 0.512. The van der Waals surface area contributed by atoms with Crippen LogP contribution in [0, 0.1) is 0 Å². The Morgan fingerprint density at radius 2 is 1.47 bits per heavy atom. The number of ether oxygens (including phenoxy) is 4. The molecule has 0 aliphatic carbocycles. The van der Waals surface area contributed by atoms with Crippen molar-refractivity contribution >= 4 is 23.8 Å². The van der Waals surface area contributed by atoms with E-state index in [1.54, 1.807) is 36.4 Å². The molecule has 2 saturated heterocycles. The third-order valence-corrected chi connectivity index (χ3v) is 9.48. The van der Waals surface area contributed by atoms with Crippen molar-refractivity contribution in [2.24, 2.45) is 0 Å². The Labute approximate surface area is 321 Å². The van der Waals surface area contributed by atoms with Gasteiger partial charge in [-0.1, -0.05) is 43.3 Å². The highest BCUT2D eigenvalue weighted by Crippen LogP contribution is 2.32. The van der Waals surface area contributed by atoms with Crippen molar-refractivity contribution in [1.82, 2.24) is 10.6 Å². The molecule has 2 aromatic rings. The number of phenols is 2. The molecule has 14 nitrogen and oxygen atoms in total. The normalized spacial score (nSPS) is 25.8. The lowest BCUT2D eigenvalue weighted by atomic mass is 9.91. The first-order valence-corrected chi connectivity index (χ1v) is 18.8. The number of benzene rings is 2. The number of aliphatic hydroxyl groups excluding tert-OH is 2. The van der Waals surface area contributed by atoms with E-state index in [0.717, 1.165) is 6.42 Å². The second-order valence-electron chi connectivity index (χ2n) is 14.2. The SMILES string of the molecule is CC(=O)N/C=C/CC1C[C@H]2C[C@H](O)C[C@H](Cc3cccc(O)c3C(=O)O1)O2.CC[C@H]1C[C@H](O)C[C@H](CC(C/C=C/NC(C)=O)OC(=O)c2ccccc2O)O1. The highest BCUT2D eigenvalue weighted by Gasteiger charge is 2.35. The highest BCUT2D eigenvalue weighted by atomic mass is 16.6. The number of para-hydroxylation sites is 1. The second kappa shape index (κ2) is 21.4. The molecule has 2 bridgehead atoms. The Balaban J connectivity index is 0.000000245. The van der Waals surface area contributed by atoms with Crippen molar-refractivity contribution in [3.8, 4) is 11.5 Å². The number of aromatic hydroxyl groups is 2. The minimum absolute atomic E-state index is 0.0156. The van der Waals surface area contributed by atoms with E-state index in [2.05, 4.69) is 10.6 Å². The van der Waals surface area contributed by atoms with Gasteiger partial charge in [-0.05, 0) is 74.7 Å². The molecule has 3 aliphatic heterocycles. The number of phenolic OH excluding ortho intramolecular Hbond substituents is 2. The van der Waals surface area contributed by atoms with Gasteiger partial charge < -0.3 is 50.0 Å². The third-order valence-electron chi connectivity index (χ3n) is 9.48. The smallest absolute Gasteiger partial charge is 0.342 e. The number of nitrogens with one attached hydrogen (secondary N) is 2. The number of amides is 2. The molecule has 300 valence electrons. The van der Waals surface area contributed by atoms with Crippen LogP contribution in [0.15, 0.2) is 67.0 Å². The Morgan fingerprint density at radius 1 is 0.818 bits per heavy atom. The largest absolute Gasteiger partial charge is 0.507 e. The summed E-state index contributed by atoms with van der Waals surface area (Å²) in [7, 11) is 0. The van der Waals surface area contributed by atoms with E-state index in [-0.39, 0.29) is 58.9 Å². The van der Waals surface area contributed by atoms with Gasteiger partial charge in [-0.3, -0.25) is 9.59 Å². The molecule has 0 aromatic heterocycles. The number of carbonyl (C=O) groups is 4. The molecule has 2 amide bonds. The van der Waals surface area contributed by atoms with Crippen LogP contribution in [0.4, 0.5) is 0 Å². The van der Waals surface area contributed by atoms with Crippen molar-refractivity contribution in [2.75, 3.05) is 0 Å². The summed E-state index contributed by atoms with van der Waals surface area (Å²) in [6.07, 6.45) is 8.75. The van der Waals surface area contributed by atoms with E-state index in [4.69, 9.17) is 18.9 Å². The monoisotopic (exact) mass is 766 g/mol. The van der Waals surface area contributed by atoms with Crippen molar-refractivity contribution in [1.29, 1.82) is 0 Å². The maximum atomic E-state index is 12.7. The van der Waals surface area contributed by atoms with Gasteiger partial charge in [-0.2, -0.15) is 0 Å². The molecule has 2 unspecified atom stereocenters. The van der Waals surface area contributed by atoms with Gasteiger partial charge in [-0.25, -0.2) is 9.59 Å². The summed E-state index contributed by atoms with van der Waals surface area (Å²) < 4.78 is 23.4. The number of cyclic esters (lactones) is 1. The lowest BCUT2D eigenvalue weighted by Gasteiger charge is -2.36. The van der Waals surface area contributed by atoms with E-state index in [1.165, 1.54) is 44.4 Å². The zero-order chi connectivity index (χ0) is 39.9. The number of hydrogen-bond donors (Lipinski definition) is 6. The predicted octanol–water partition coefficient (Wildman–Crippen LogP) is 4.48. The van der Waals surface area contributed by atoms with Gasteiger partial charge in [0.15, 0.2) is 0 Å². The summed E-state index contributed by atoms with van der Waals surface area (Å²) >= 11 is 0. The second-order valence-corrected chi connectivity index (χ2v) is 14.2. The van der Waals surface area contributed by atoms with Crippen LogP contribution in [-0.4, -0.2) is 93.0 Å². The Hall–Kier alpha value is -4.76. The molecule has 55 heavy (non-hydrogen) atoms. The van der Waals surface area contributed by atoms with Crippen LogP contribution in [0.25, 0.3) is 0 Å². The molecule has 14 heteroatoms. The standard InChI is InChI=1S/C21H29NO6.C20H25NO6/c1-3-16-11-15(24)12-18(27-16)13-17(7-6-10-22-14(2)23)28-21(26)19-8-4-5-9-20(19)25;1-12(22)21-7-3-5-15-11-17-10-14(23)9-16(26-17)8-13-4-2-6-18(24)19(13)20(25)27-15/h4-6,8-10,15-18,24-25H,3,7,11-13H2,1-2H3,(H,22,23);2-4,6-7,14-17,23-24H,5,8-11H2,1H3,(H,21,22)/b10-6+;7-3+/t15-,16-,17?,18+;14-,15?,16+,17-/m01/s1. The number of hydrogen-bond acceptors (Lipinski definition) is 12. The summed E-state index contributed by atoms with van der Waals surface area (Å²) in [5.74, 6) is -1.84. The summed E-state index contributed by atoms with van der Waals surface area (Å²) in [5, 5.41) is 45.5. The molecule has 0 spiro atoms. The van der Waals surface area contributed by atoms with Gasteiger partial charge in [0.2, 0.25) is 11.8 Å². The summed E-state index contributed by atoms with van der Waals surface area (Å²) in [6, 6.07) is 11.1. The average molecular weight is 767 g/mol. The van der Waals surface area contributed by atoms with Gasteiger partial charge in [0, 0.05) is 39.5 Å². The van der Waals surface area contributed by atoms with Gasteiger partial charge in [-0.15, -0.1) is 0 Å². The quantitative estimate of drug-likeness (QED) is 0.175. The average Bonchev–Trinajstić information content (AvgIpc) is 3.11. The van der Waals surface area contributed by atoms with Crippen molar-refractivity contribution in [3.05, 3.63) is 83.7 Å². The van der Waals surface area contributed by atoms with Crippen LogP contribution in [0.3, 0.4) is 0 Å². The van der Waals surface area contributed by atoms with E-state index in [1.807, 2.05) is 6.92 Å². The van der Waals surface area contributed by atoms with Crippen molar-refractivity contribution < 1.29 is 58.6 Å². The molecule has 8 atom stereocenters. The molecule has 2 fully saturated rings. The van der Waals surface area contributed by atoms with Gasteiger partial charge in [0.1, 0.15) is 34.8 Å². The van der Waals surface area contributed by atoms with E-state index < -0.39 is 36.4 Å². The minimum Gasteiger partial charge on any atom is -0.507 e. The van der Waals surface area contributed by atoms with Crippen LogP contribution in [0.5, 0.6) is 11.5 Å². The molecule has 6 N–H and O–H groups in total. The van der Waals surface area contributed by atoms with Gasteiger partial charge in [0.05, 0.1) is 36.6 Å². The molecular formula is C41H54N2O12. The molecule has 3 aliphatic rings. The van der Waals surface area contributed by atoms with E-state index in [0.29, 0.717) is 63.4 Å². The van der Waals surface area contributed by atoms with Gasteiger partial charge >= 0.3 is 11.9 Å². The number of carbonyl (C=O) groups excluding carboxylic acids is 4. The maximum absolute atomic E-state index is 12.7. The van der Waals surface area contributed by atoms with Crippen LogP contribution in [0.1, 0.15) is 105 Å². The first kappa shape index (κ1) is 43.0. The zero-order valence-corrected chi connectivity index (χ0v) is 31.6. The fourth-order valence-electron chi connectivity index (χ4n) is 6.94. The molecule has 3 heterocycles. The number of rotatable bonds is 11. The van der Waals surface area contributed by atoms with Crippen LogP contribution < -0.4 is 10.6 Å².